The molecule has 0 aliphatic carbocycles. The average Bonchev–Trinajstić information content (AvgIpc) is 2.48. The fourth-order valence-electron chi connectivity index (χ4n) is 1.73. The van der Waals surface area contributed by atoms with E-state index in [0.29, 0.717) is 5.75 Å². The summed E-state index contributed by atoms with van der Waals surface area (Å²) in [5.74, 6) is -0.992. The Bertz CT molecular complexity index is 649. The molecule has 0 amide bonds. The van der Waals surface area contributed by atoms with Gasteiger partial charge in [0.2, 0.25) is 0 Å². The maximum atomic E-state index is 11.9. The van der Waals surface area contributed by atoms with Gasteiger partial charge in [0.1, 0.15) is 17.1 Å². The Labute approximate surface area is 121 Å². The highest BCUT2D eigenvalue weighted by atomic mass is 16.5. The Morgan fingerprint density at radius 3 is 2.43 bits per heavy atom. The lowest BCUT2D eigenvalue weighted by atomic mass is 10.1. The number of ether oxygens (including phenoxy) is 2. The van der Waals surface area contributed by atoms with Crippen molar-refractivity contribution in [1.29, 1.82) is 0 Å². The van der Waals surface area contributed by atoms with Crippen LogP contribution in [0, 0.1) is 0 Å². The lowest BCUT2D eigenvalue weighted by molar-refractivity contribution is 0.0522. The Morgan fingerprint density at radius 1 is 1.10 bits per heavy atom. The van der Waals surface area contributed by atoms with E-state index in [2.05, 4.69) is 0 Å². The molecule has 0 fully saturated rings. The number of rotatable bonds is 5. The third-order valence-corrected chi connectivity index (χ3v) is 2.69. The average molecular weight is 286 g/mol. The minimum atomic E-state index is -1.09. The lowest BCUT2D eigenvalue weighted by Crippen LogP contribution is -2.08. The maximum Gasteiger partial charge on any atom is 0.341 e. The number of carboxylic acid groups (broad SMARTS) is 1. The van der Waals surface area contributed by atoms with Gasteiger partial charge in [0.15, 0.2) is 0 Å². The van der Waals surface area contributed by atoms with Gasteiger partial charge < -0.3 is 14.6 Å². The molecule has 5 nitrogen and oxygen atoms in total. The summed E-state index contributed by atoms with van der Waals surface area (Å²) in [5.41, 5.74) is 0.222. The van der Waals surface area contributed by atoms with Crippen molar-refractivity contribution >= 4 is 11.9 Å². The Morgan fingerprint density at radius 2 is 1.81 bits per heavy atom. The van der Waals surface area contributed by atoms with Crippen molar-refractivity contribution in [1.82, 2.24) is 0 Å². The van der Waals surface area contributed by atoms with Crippen molar-refractivity contribution in [3.8, 4) is 11.5 Å². The number of carbonyl (C=O) groups is 2. The summed E-state index contributed by atoms with van der Waals surface area (Å²) in [6.45, 7) is 1.92. The summed E-state index contributed by atoms with van der Waals surface area (Å²) in [6.07, 6.45) is 0. The second-order valence-corrected chi connectivity index (χ2v) is 4.15. The number of para-hydroxylation sites is 1. The van der Waals surface area contributed by atoms with E-state index in [4.69, 9.17) is 14.6 Å². The minimum absolute atomic E-state index is 0.0361. The van der Waals surface area contributed by atoms with Crippen molar-refractivity contribution in [2.24, 2.45) is 0 Å². The molecule has 0 saturated heterocycles. The highest BCUT2D eigenvalue weighted by Gasteiger charge is 2.17. The predicted octanol–water partition coefficient (Wildman–Crippen LogP) is 3.35. The fraction of sp³-hybridized carbons (Fsp3) is 0.125. The van der Waals surface area contributed by atoms with Gasteiger partial charge in [-0.25, -0.2) is 9.59 Å². The number of carboxylic acids is 1. The SMILES string of the molecule is CCOC(=O)c1ccc(C(=O)O)cc1Oc1ccccc1. The van der Waals surface area contributed by atoms with E-state index >= 15 is 0 Å². The van der Waals surface area contributed by atoms with Crippen LogP contribution in [-0.2, 0) is 4.74 Å². The first-order valence-corrected chi connectivity index (χ1v) is 6.39. The van der Waals surface area contributed by atoms with Crippen LogP contribution in [0.15, 0.2) is 48.5 Å². The molecule has 108 valence electrons. The van der Waals surface area contributed by atoms with E-state index < -0.39 is 11.9 Å². The second-order valence-electron chi connectivity index (χ2n) is 4.15. The van der Waals surface area contributed by atoms with Crippen LogP contribution >= 0.6 is 0 Å². The molecule has 0 spiro atoms. The fourth-order valence-corrected chi connectivity index (χ4v) is 1.73. The van der Waals surface area contributed by atoms with Gasteiger partial charge in [0.05, 0.1) is 12.2 Å². The number of aromatic carboxylic acids is 1. The standard InChI is InChI=1S/C16H14O5/c1-2-20-16(19)13-9-8-11(15(17)18)10-14(13)21-12-6-4-3-5-7-12/h3-10H,2H2,1H3,(H,17,18). The Hall–Kier alpha value is -2.82. The quantitative estimate of drug-likeness (QED) is 0.853. The van der Waals surface area contributed by atoms with Gasteiger partial charge in [-0.15, -0.1) is 0 Å². The molecule has 0 aliphatic rings. The molecule has 0 atom stereocenters. The summed E-state index contributed by atoms with van der Waals surface area (Å²) >= 11 is 0. The number of carbonyl (C=O) groups excluding carboxylic acids is 1. The van der Waals surface area contributed by atoms with Crippen LogP contribution in [0.4, 0.5) is 0 Å². The number of esters is 1. The summed E-state index contributed by atoms with van der Waals surface area (Å²) in [6, 6.07) is 12.8. The molecule has 21 heavy (non-hydrogen) atoms. The van der Waals surface area contributed by atoms with Gasteiger partial charge in [-0.3, -0.25) is 0 Å². The highest BCUT2D eigenvalue weighted by Crippen LogP contribution is 2.27. The van der Waals surface area contributed by atoms with Crippen LogP contribution in [0.2, 0.25) is 0 Å². The maximum absolute atomic E-state index is 11.9. The van der Waals surface area contributed by atoms with E-state index in [9.17, 15) is 9.59 Å². The molecule has 1 N–H and O–H groups in total. The molecule has 0 aromatic heterocycles. The largest absolute Gasteiger partial charge is 0.478 e. The molecule has 0 aliphatic heterocycles. The van der Waals surface area contributed by atoms with E-state index in [-0.39, 0.29) is 23.5 Å². The van der Waals surface area contributed by atoms with Crippen molar-refractivity contribution < 1.29 is 24.2 Å². The van der Waals surface area contributed by atoms with Crippen molar-refractivity contribution in [3.05, 3.63) is 59.7 Å². The number of hydrogen-bond donors (Lipinski definition) is 1. The minimum Gasteiger partial charge on any atom is -0.478 e. The van der Waals surface area contributed by atoms with E-state index in [0.717, 1.165) is 0 Å². The van der Waals surface area contributed by atoms with Crippen LogP contribution in [0.1, 0.15) is 27.6 Å². The molecular formula is C16H14O5. The van der Waals surface area contributed by atoms with Crippen LogP contribution in [-0.4, -0.2) is 23.7 Å². The summed E-state index contributed by atoms with van der Waals surface area (Å²) < 4.78 is 10.5. The third kappa shape index (κ3) is 3.60. The lowest BCUT2D eigenvalue weighted by Gasteiger charge is -2.11. The third-order valence-electron chi connectivity index (χ3n) is 2.69. The van der Waals surface area contributed by atoms with Crippen LogP contribution in [0.25, 0.3) is 0 Å². The van der Waals surface area contributed by atoms with Crippen molar-refractivity contribution in [3.63, 3.8) is 0 Å². The normalized spacial score (nSPS) is 9.95. The topological polar surface area (TPSA) is 72.8 Å². The molecule has 2 rings (SSSR count). The first kappa shape index (κ1) is 14.6. The smallest absolute Gasteiger partial charge is 0.341 e. The van der Waals surface area contributed by atoms with Gasteiger partial charge in [0, 0.05) is 0 Å². The zero-order chi connectivity index (χ0) is 15.2. The van der Waals surface area contributed by atoms with Crippen LogP contribution in [0.3, 0.4) is 0 Å². The second kappa shape index (κ2) is 6.56. The van der Waals surface area contributed by atoms with Gasteiger partial charge in [-0.2, -0.15) is 0 Å². The summed E-state index contributed by atoms with van der Waals surface area (Å²) in [7, 11) is 0. The summed E-state index contributed by atoms with van der Waals surface area (Å²) in [5, 5.41) is 9.04. The van der Waals surface area contributed by atoms with Crippen molar-refractivity contribution in [2.75, 3.05) is 6.61 Å². The molecule has 5 heteroatoms. The van der Waals surface area contributed by atoms with Gasteiger partial charge in [-0.1, -0.05) is 18.2 Å². The van der Waals surface area contributed by atoms with Crippen LogP contribution in [0.5, 0.6) is 11.5 Å². The number of hydrogen-bond acceptors (Lipinski definition) is 4. The first-order chi connectivity index (χ1) is 10.1. The van der Waals surface area contributed by atoms with Crippen LogP contribution < -0.4 is 4.74 Å². The highest BCUT2D eigenvalue weighted by molar-refractivity contribution is 5.95. The van der Waals surface area contributed by atoms with E-state index in [1.165, 1.54) is 18.2 Å². The van der Waals surface area contributed by atoms with Gasteiger partial charge in [0.25, 0.3) is 0 Å². The summed E-state index contributed by atoms with van der Waals surface area (Å²) in [4.78, 5) is 22.9. The molecule has 0 saturated carbocycles. The van der Waals surface area contributed by atoms with Gasteiger partial charge in [-0.05, 0) is 37.3 Å². The Kier molecular flexibility index (Phi) is 4.56. The molecule has 2 aromatic rings. The van der Waals surface area contributed by atoms with Crippen molar-refractivity contribution in [2.45, 2.75) is 6.92 Å². The molecule has 2 aromatic carbocycles. The van der Waals surface area contributed by atoms with Gasteiger partial charge >= 0.3 is 11.9 Å². The number of benzene rings is 2. The molecule has 0 unspecified atom stereocenters. The van der Waals surface area contributed by atoms with E-state index in [1.807, 2.05) is 6.07 Å². The predicted molar refractivity (Wildman–Crippen MR) is 75.9 cm³/mol. The molecular weight excluding hydrogens is 272 g/mol. The zero-order valence-electron chi connectivity index (χ0n) is 11.4. The molecule has 0 radical (unpaired) electrons. The first-order valence-electron chi connectivity index (χ1n) is 6.39. The van der Waals surface area contributed by atoms with E-state index in [1.54, 1.807) is 31.2 Å². The molecule has 0 bridgehead atoms. The molecule has 0 heterocycles. The Balaban J connectivity index is 2.40. The monoisotopic (exact) mass is 286 g/mol. The zero-order valence-corrected chi connectivity index (χ0v) is 11.4.